The number of nitrogens with zero attached hydrogens (tertiary/aromatic N) is 1. The van der Waals surface area contributed by atoms with E-state index in [0.717, 1.165) is 17.4 Å². The van der Waals surface area contributed by atoms with Crippen LogP contribution in [0.3, 0.4) is 0 Å². The van der Waals surface area contributed by atoms with Gasteiger partial charge >= 0.3 is 0 Å². The van der Waals surface area contributed by atoms with Crippen LogP contribution in [0.4, 0.5) is 0 Å². The Kier molecular flexibility index (Phi) is 5.46. The first-order valence-corrected chi connectivity index (χ1v) is 6.51. The number of halogens is 1. The van der Waals surface area contributed by atoms with E-state index in [9.17, 15) is 0 Å². The first-order chi connectivity index (χ1) is 7.60. The lowest BCUT2D eigenvalue weighted by Gasteiger charge is -2.31. The summed E-state index contributed by atoms with van der Waals surface area (Å²) in [6.07, 6.45) is 1.11. The zero-order chi connectivity index (χ0) is 12.1. The van der Waals surface area contributed by atoms with Crippen LogP contribution in [0.15, 0.2) is 28.7 Å². The summed E-state index contributed by atoms with van der Waals surface area (Å²) in [6, 6.07) is 8.94. The smallest absolute Gasteiger partial charge is 0.0382 e. The number of rotatable bonds is 5. The fraction of sp³-hybridized carbons (Fsp3) is 0.538. The molecule has 1 aromatic carbocycles. The average molecular weight is 285 g/mol. The molecule has 0 radical (unpaired) electrons. The van der Waals surface area contributed by atoms with Crippen LogP contribution in [-0.4, -0.2) is 25.5 Å². The Labute approximate surface area is 107 Å². The van der Waals surface area contributed by atoms with Gasteiger partial charge in [0.25, 0.3) is 0 Å². The Balaban J connectivity index is 2.97. The molecule has 2 unspecified atom stereocenters. The fourth-order valence-electron chi connectivity index (χ4n) is 2.17. The van der Waals surface area contributed by atoms with Crippen molar-refractivity contribution >= 4 is 15.9 Å². The second-order valence-electron chi connectivity index (χ2n) is 4.36. The first-order valence-electron chi connectivity index (χ1n) is 5.72. The molecule has 2 nitrogen and oxygen atoms in total. The van der Waals surface area contributed by atoms with Crippen molar-refractivity contribution < 1.29 is 0 Å². The van der Waals surface area contributed by atoms with Crippen LogP contribution in [0.5, 0.6) is 0 Å². The molecule has 0 aliphatic carbocycles. The van der Waals surface area contributed by atoms with Gasteiger partial charge < -0.3 is 10.6 Å². The summed E-state index contributed by atoms with van der Waals surface area (Å²) in [5.74, 6) is 0.510. The van der Waals surface area contributed by atoms with Crippen LogP contribution >= 0.6 is 15.9 Å². The molecule has 1 rings (SSSR count). The summed E-state index contributed by atoms with van der Waals surface area (Å²) < 4.78 is 1.12. The van der Waals surface area contributed by atoms with Crippen LogP contribution in [-0.2, 0) is 0 Å². The van der Waals surface area contributed by atoms with Crippen molar-refractivity contribution in [3.8, 4) is 0 Å². The van der Waals surface area contributed by atoms with Crippen molar-refractivity contribution in [2.24, 2.45) is 11.7 Å². The lowest BCUT2D eigenvalue weighted by atomic mass is 9.90. The monoisotopic (exact) mass is 284 g/mol. The molecule has 3 heteroatoms. The summed E-state index contributed by atoms with van der Waals surface area (Å²) in [7, 11) is 4.23. The lowest BCUT2D eigenvalue weighted by Crippen LogP contribution is -2.31. The minimum Gasteiger partial charge on any atom is -0.330 e. The highest BCUT2D eigenvalue weighted by molar-refractivity contribution is 9.10. The molecule has 0 spiro atoms. The molecule has 0 fully saturated rings. The highest BCUT2D eigenvalue weighted by atomic mass is 79.9. The molecule has 90 valence electrons. The SMILES string of the molecule is CCC(CN)C(c1ccc(Br)cc1)N(C)C. The topological polar surface area (TPSA) is 29.3 Å². The zero-order valence-electron chi connectivity index (χ0n) is 10.3. The normalized spacial score (nSPS) is 15.1. The van der Waals surface area contributed by atoms with Crippen molar-refractivity contribution in [2.75, 3.05) is 20.6 Å². The Morgan fingerprint density at radius 2 is 1.81 bits per heavy atom. The number of hydrogen-bond acceptors (Lipinski definition) is 2. The molecule has 0 bridgehead atoms. The predicted octanol–water partition coefficient (Wildman–Crippen LogP) is 3.04. The van der Waals surface area contributed by atoms with E-state index >= 15 is 0 Å². The zero-order valence-corrected chi connectivity index (χ0v) is 11.9. The molecule has 0 saturated carbocycles. The van der Waals surface area contributed by atoms with Gasteiger partial charge in [-0.2, -0.15) is 0 Å². The number of hydrogen-bond donors (Lipinski definition) is 1. The summed E-state index contributed by atoms with van der Waals surface area (Å²) in [6.45, 7) is 2.93. The third-order valence-corrected chi connectivity index (χ3v) is 3.57. The maximum atomic E-state index is 5.85. The van der Waals surface area contributed by atoms with E-state index in [1.165, 1.54) is 5.56 Å². The van der Waals surface area contributed by atoms with Crippen LogP contribution in [0, 0.1) is 5.92 Å². The second-order valence-corrected chi connectivity index (χ2v) is 5.28. The van der Waals surface area contributed by atoms with Crippen molar-refractivity contribution in [1.29, 1.82) is 0 Å². The van der Waals surface area contributed by atoms with Crippen molar-refractivity contribution in [1.82, 2.24) is 4.90 Å². The Morgan fingerprint density at radius 3 is 2.19 bits per heavy atom. The van der Waals surface area contributed by atoms with E-state index in [-0.39, 0.29) is 0 Å². The molecule has 0 amide bonds. The number of benzene rings is 1. The minimum absolute atomic E-state index is 0.406. The van der Waals surface area contributed by atoms with Gasteiger partial charge in [-0.15, -0.1) is 0 Å². The summed E-state index contributed by atoms with van der Waals surface area (Å²) >= 11 is 3.46. The third kappa shape index (κ3) is 3.30. The van der Waals surface area contributed by atoms with Crippen LogP contribution in [0.1, 0.15) is 24.9 Å². The molecule has 0 heterocycles. The largest absolute Gasteiger partial charge is 0.330 e. The lowest BCUT2D eigenvalue weighted by molar-refractivity contribution is 0.211. The Hall–Kier alpha value is -0.380. The molecule has 16 heavy (non-hydrogen) atoms. The standard InChI is InChI=1S/C13H21BrN2/c1-4-10(9-15)13(16(2)3)11-5-7-12(14)8-6-11/h5-8,10,13H,4,9,15H2,1-3H3. The van der Waals surface area contributed by atoms with E-state index in [1.807, 2.05) is 0 Å². The van der Waals surface area contributed by atoms with Gasteiger partial charge in [-0.1, -0.05) is 41.4 Å². The molecular weight excluding hydrogens is 264 g/mol. The van der Waals surface area contributed by atoms with Gasteiger partial charge in [0.15, 0.2) is 0 Å². The van der Waals surface area contributed by atoms with E-state index in [0.29, 0.717) is 12.0 Å². The highest BCUT2D eigenvalue weighted by Crippen LogP contribution is 2.29. The van der Waals surface area contributed by atoms with Gasteiger partial charge in [0.2, 0.25) is 0 Å². The van der Waals surface area contributed by atoms with Gasteiger partial charge in [0.1, 0.15) is 0 Å². The van der Waals surface area contributed by atoms with Crippen molar-refractivity contribution in [2.45, 2.75) is 19.4 Å². The van der Waals surface area contributed by atoms with Gasteiger partial charge in [-0.25, -0.2) is 0 Å². The summed E-state index contributed by atoms with van der Waals surface area (Å²) in [4.78, 5) is 2.25. The van der Waals surface area contributed by atoms with Crippen LogP contribution in [0.25, 0.3) is 0 Å². The van der Waals surface area contributed by atoms with Gasteiger partial charge in [0, 0.05) is 10.5 Å². The average Bonchev–Trinajstić information content (AvgIpc) is 2.27. The Morgan fingerprint density at radius 1 is 1.25 bits per heavy atom. The van der Waals surface area contributed by atoms with Crippen molar-refractivity contribution in [3.05, 3.63) is 34.3 Å². The van der Waals surface area contributed by atoms with Crippen molar-refractivity contribution in [3.63, 3.8) is 0 Å². The molecule has 2 atom stereocenters. The first kappa shape index (κ1) is 13.7. The molecule has 2 N–H and O–H groups in total. The third-order valence-electron chi connectivity index (χ3n) is 3.04. The Bertz CT molecular complexity index is 304. The quantitative estimate of drug-likeness (QED) is 0.901. The van der Waals surface area contributed by atoms with Crippen LogP contribution < -0.4 is 5.73 Å². The van der Waals surface area contributed by atoms with E-state index < -0.39 is 0 Å². The van der Waals surface area contributed by atoms with Gasteiger partial charge in [0.05, 0.1) is 0 Å². The number of nitrogens with two attached hydrogens (primary N) is 1. The minimum atomic E-state index is 0.406. The van der Waals surface area contributed by atoms with E-state index in [4.69, 9.17) is 5.73 Å². The molecule has 0 saturated heterocycles. The van der Waals surface area contributed by atoms with E-state index in [2.05, 4.69) is 66.1 Å². The van der Waals surface area contributed by atoms with E-state index in [1.54, 1.807) is 0 Å². The van der Waals surface area contributed by atoms with Gasteiger partial charge in [-0.3, -0.25) is 0 Å². The van der Waals surface area contributed by atoms with Crippen LogP contribution in [0.2, 0.25) is 0 Å². The molecular formula is C13H21BrN2. The molecule has 0 aliphatic rings. The molecule has 0 aromatic heterocycles. The summed E-state index contributed by atoms with van der Waals surface area (Å²) in [5, 5.41) is 0. The maximum absolute atomic E-state index is 5.85. The maximum Gasteiger partial charge on any atom is 0.0382 e. The second kappa shape index (κ2) is 6.38. The molecule has 1 aromatic rings. The highest BCUT2D eigenvalue weighted by Gasteiger charge is 2.22. The predicted molar refractivity (Wildman–Crippen MR) is 73.4 cm³/mol. The fourth-order valence-corrected chi connectivity index (χ4v) is 2.44. The van der Waals surface area contributed by atoms with Gasteiger partial charge in [-0.05, 0) is 44.3 Å². The summed E-state index contributed by atoms with van der Waals surface area (Å²) in [5.41, 5.74) is 7.19. The molecule has 0 aliphatic heterocycles.